The van der Waals surface area contributed by atoms with Crippen molar-refractivity contribution < 1.29 is 0 Å². The first kappa shape index (κ1) is 12.4. The first-order valence-corrected chi connectivity index (χ1v) is 6.75. The predicted octanol–water partition coefficient (Wildman–Crippen LogP) is 3.97. The number of nitrogens with zero attached hydrogens (tertiary/aromatic N) is 2. The molecular formula is C14H17BrN2. The van der Waals surface area contributed by atoms with E-state index in [1.54, 1.807) is 0 Å². The molecule has 1 aliphatic heterocycles. The standard InChI is InChI=1S/C14H17BrN2/c1-14(2)8-7-11(9-16)10-17(14)13-5-3-12(15)4-6-13/h3-6,11H,7-8,10H2,1-2H3. The summed E-state index contributed by atoms with van der Waals surface area (Å²) in [4.78, 5) is 2.36. The molecule has 0 saturated carbocycles. The number of anilines is 1. The van der Waals surface area contributed by atoms with Crippen molar-refractivity contribution in [2.45, 2.75) is 32.2 Å². The highest BCUT2D eigenvalue weighted by molar-refractivity contribution is 9.10. The van der Waals surface area contributed by atoms with Gasteiger partial charge in [0.15, 0.2) is 0 Å². The van der Waals surface area contributed by atoms with Gasteiger partial charge in [-0.25, -0.2) is 0 Å². The smallest absolute Gasteiger partial charge is 0.0674 e. The minimum absolute atomic E-state index is 0.140. The van der Waals surface area contributed by atoms with Gasteiger partial charge in [0.25, 0.3) is 0 Å². The molecule has 2 nitrogen and oxygen atoms in total. The molecule has 17 heavy (non-hydrogen) atoms. The summed E-state index contributed by atoms with van der Waals surface area (Å²) in [5.74, 6) is 0.159. The van der Waals surface area contributed by atoms with E-state index in [0.717, 1.165) is 23.9 Å². The van der Waals surface area contributed by atoms with Crippen molar-refractivity contribution in [2.24, 2.45) is 5.92 Å². The maximum absolute atomic E-state index is 9.09. The fraction of sp³-hybridized carbons (Fsp3) is 0.500. The van der Waals surface area contributed by atoms with Crippen LogP contribution in [0.1, 0.15) is 26.7 Å². The fourth-order valence-electron chi connectivity index (χ4n) is 2.40. The Morgan fingerprint density at radius 1 is 1.35 bits per heavy atom. The quantitative estimate of drug-likeness (QED) is 0.783. The number of hydrogen-bond donors (Lipinski definition) is 0. The van der Waals surface area contributed by atoms with E-state index in [0.29, 0.717) is 0 Å². The van der Waals surface area contributed by atoms with E-state index in [4.69, 9.17) is 5.26 Å². The molecule has 0 N–H and O–H groups in total. The molecule has 1 saturated heterocycles. The summed E-state index contributed by atoms with van der Waals surface area (Å²) in [5.41, 5.74) is 1.35. The highest BCUT2D eigenvalue weighted by atomic mass is 79.9. The van der Waals surface area contributed by atoms with Gasteiger partial charge in [0.2, 0.25) is 0 Å². The molecule has 0 radical (unpaired) electrons. The Bertz CT molecular complexity index is 431. The van der Waals surface area contributed by atoms with Crippen molar-refractivity contribution >= 4 is 21.6 Å². The number of nitriles is 1. The van der Waals surface area contributed by atoms with Gasteiger partial charge in [-0.2, -0.15) is 5.26 Å². The zero-order valence-corrected chi connectivity index (χ0v) is 11.9. The number of hydrogen-bond acceptors (Lipinski definition) is 2. The number of rotatable bonds is 1. The minimum Gasteiger partial charge on any atom is -0.365 e. The summed E-state index contributed by atoms with van der Waals surface area (Å²) in [5, 5.41) is 9.09. The third-order valence-corrected chi connectivity index (χ3v) is 4.09. The van der Waals surface area contributed by atoms with Gasteiger partial charge in [-0.1, -0.05) is 15.9 Å². The number of halogens is 1. The molecule has 1 fully saturated rings. The van der Waals surface area contributed by atoms with Crippen LogP contribution in [0, 0.1) is 17.2 Å². The molecule has 0 amide bonds. The van der Waals surface area contributed by atoms with Crippen molar-refractivity contribution in [3.63, 3.8) is 0 Å². The lowest BCUT2D eigenvalue weighted by Crippen LogP contribution is -2.50. The molecule has 0 aromatic heterocycles. The van der Waals surface area contributed by atoms with Gasteiger partial charge in [0.05, 0.1) is 12.0 Å². The van der Waals surface area contributed by atoms with Gasteiger partial charge in [-0.3, -0.25) is 0 Å². The van der Waals surface area contributed by atoms with Crippen LogP contribution in [0.15, 0.2) is 28.7 Å². The summed E-state index contributed by atoms with van der Waals surface area (Å²) >= 11 is 3.45. The molecule has 1 atom stereocenters. The lowest BCUT2D eigenvalue weighted by Gasteiger charge is -2.45. The van der Waals surface area contributed by atoms with E-state index in [-0.39, 0.29) is 11.5 Å². The molecule has 1 aromatic carbocycles. The van der Waals surface area contributed by atoms with E-state index in [9.17, 15) is 0 Å². The topological polar surface area (TPSA) is 27.0 Å². The van der Waals surface area contributed by atoms with E-state index in [2.05, 4.69) is 65.0 Å². The molecule has 0 aliphatic carbocycles. The molecular weight excluding hydrogens is 276 g/mol. The highest BCUT2D eigenvalue weighted by Gasteiger charge is 2.34. The lowest BCUT2D eigenvalue weighted by molar-refractivity contribution is 0.325. The normalized spacial score (nSPS) is 23.2. The Hall–Kier alpha value is -1.01. The lowest BCUT2D eigenvalue weighted by atomic mass is 9.85. The van der Waals surface area contributed by atoms with Crippen LogP contribution in [-0.4, -0.2) is 12.1 Å². The van der Waals surface area contributed by atoms with Crippen LogP contribution in [-0.2, 0) is 0 Å². The van der Waals surface area contributed by atoms with Crippen molar-refractivity contribution in [3.05, 3.63) is 28.7 Å². The van der Waals surface area contributed by atoms with E-state index >= 15 is 0 Å². The molecule has 90 valence electrons. The molecule has 2 rings (SSSR count). The first-order valence-electron chi connectivity index (χ1n) is 5.96. The van der Waals surface area contributed by atoms with E-state index in [1.165, 1.54) is 5.69 Å². The van der Waals surface area contributed by atoms with Crippen molar-refractivity contribution in [1.82, 2.24) is 0 Å². The predicted molar refractivity (Wildman–Crippen MR) is 73.9 cm³/mol. The van der Waals surface area contributed by atoms with Gasteiger partial charge in [-0.05, 0) is 51.0 Å². The molecule has 1 aliphatic rings. The molecule has 1 aromatic rings. The van der Waals surface area contributed by atoms with Crippen LogP contribution in [0.25, 0.3) is 0 Å². The zero-order valence-electron chi connectivity index (χ0n) is 10.3. The van der Waals surface area contributed by atoms with Gasteiger partial charge >= 0.3 is 0 Å². The number of benzene rings is 1. The average Bonchev–Trinajstić information content (AvgIpc) is 2.30. The Balaban J connectivity index is 2.27. The monoisotopic (exact) mass is 292 g/mol. The van der Waals surface area contributed by atoms with Crippen LogP contribution >= 0.6 is 15.9 Å². The zero-order chi connectivity index (χ0) is 12.5. The molecule has 3 heteroatoms. The van der Waals surface area contributed by atoms with Crippen molar-refractivity contribution in [2.75, 3.05) is 11.4 Å². The second kappa shape index (κ2) is 4.70. The first-order chi connectivity index (χ1) is 8.03. The second-order valence-electron chi connectivity index (χ2n) is 5.26. The molecule has 1 unspecified atom stereocenters. The van der Waals surface area contributed by atoms with Crippen LogP contribution in [0.5, 0.6) is 0 Å². The highest BCUT2D eigenvalue weighted by Crippen LogP contribution is 2.34. The Morgan fingerprint density at radius 3 is 2.59 bits per heavy atom. The Kier molecular flexibility index (Phi) is 3.44. The van der Waals surface area contributed by atoms with Crippen LogP contribution in [0.3, 0.4) is 0 Å². The largest absolute Gasteiger partial charge is 0.365 e. The third-order valence-electron chi connectivity index (χ3n) is 3.56. The Labute approximate surface area is 111 Å². The SMILES string of the molecule is CC1(C)CCC(C#N)CN1c1ccc(Br)cc1. The maximum atomic E-state index is 9.09. The van der Waals surface area contributed by atoms with Gasteiger partial charge in [-0.15, -0.1) is 0 Å². The summed E-state index contributed by atoms with van der Waals surface area (Å²) < 4.78 is 1.09. The number of piperidine rings is 1. The Morgan fingerprint density at radius 2 is 2.00 bits per heavy atom. The van der Waals surface area contributed by atoms with E-state index < -0.39 is 0 Å². The van der Waals surface area contributed by atoms with Crippen molar-refractivity contribution in [1.29, 1.82) is 5.26 Å². The molecule has 0 bridgehead atoms. The molecule has 0 spiro atoms. The summed E-state index contributed by atoms with van der Waals surface area (Å²) in [6.45, 7) is 5.34. The van der Waals surface area contributed by atoms with Gasteiger partial charge in [0.1, 0.15) is 0 Å². The van der Waals surface area contributed by atoms with Gasteiger partial charge < -0.3 is 4.90 Å². The van der Waals surface area contributed by atoms with Crippen molar-refractivity contribution in [3.8, 4) is 6.07 Å². The van der Waals surface area contributed by atoms with Crippen LogP contribution in [0.2, 0.25) is 0 Å². The minimum atomic E-state index is 0.140. The molecule has 1 heterocycles. The maximum Gasteiger partial charge on any atom is 0.0674 e. The summed E-state index contributed by atoms with van der Waals surface area (Å²) in [6, 6.07) is 10.7. The van der Waals surface area contributed by atoms with Crippen LogP contribution in [0.4, 0.5) is 5.69 Å². The van der Waals surface area contributed by atoms with Gasteiger partial charge in [0, 0.05) is 22.2 Å². The second-order valence-corrected chi connectivity index (χ2v) is 6.18. The average molecular weight is 293 g/mol. The summed E-state index contributed by atoms with van der Waals surface area (Å²) in [6.07, 6.45) is 2.08. The third kappa shape index (κ3) is 2.63. The van der Waals surface area contributed by atoms with E-state index in [1.807, 2.05) is 0 Å². The van der Waals surface area contributed by atoms with Crippen LogP contribution < -0.4 is 4.90 Å². The fourth-order valence-corrected chi connectivity index (χ4v) is 2.67. The summed E-state index contributed by atoms with van der Waals surface area (Å²) in [7, 11) is 0.